The molecule has 1 unspecified atom stereocenters. The van der Waals surface area contributed by atoms with Crippen molar-refractivity contribution in [1.29, 1.82) is 0 Å². The molecule has 5 heterocycles. The van der Waals surface area contributed by atoms with Crippen molar-refractivity contribution >= 4 is 41.0 Å². The normalized spacial score (nSPS) is 24.8. The molecule has 5 aliphatic rings. The van der Waals surface area contributed by atoms with Crippen molar-refractivity contribution in [3.8, 4) is 0 Å². The lowest BCUT2D eigenvalue weighted by molar-refractivity contribution is -0.136. The highest BCUT2D eigenvalue weighted by Gasteiger charge is 2.53. The minimum atomic E-state index is -0.968. The number of piperazine rings is 1. The van der Waals surface area contributed by atoms with Crippen LogP contribution in [-0.2, 0) is 9.59 Å². The lowest BCUT2D eigenvalue weighted by atomic mass is 9.52. The molecule has 7 rings (SSSR count). The van der Waals surface area contributed by atoms with Crippen LogP contribution in [0.1, 0.15) is 91.0 Å². The molecule has 1 saturated carbocycles. The Morgan fingerprint density at radius 2 is 1.50 bits per heavy atom. The number of piperidine rings is 2. The highest BCUT2D eigenvalue weighted by atomic mass is 16.2. The number of nitrogens with one attached hydrogen (secondary N) is 2. The predicted octanol–water partition coefficient (Wildman–Crippen LogP) is 2.22. The highest BCUT2D eigenvalue weighted by molar-refractivity contribution is 6.23. The molecule has 5 amide bonds. The molecule has 4 aliphatic heterocycles. The Labute approximate surface area is 280 Å². The fourth-order valence-electron chi connectivity index (χ4n) is 8.98. The van der Waals surface area contributed by atoms with Crippen LogP contribution >= 0.6 is 0 Å². The molecule has 4 fully saturated rings. The fourth-order valence-corrected chi connectivity index (χ4v) is 8.98. The Balaban J connectivity index is 0.902. The Morgan fingerprint density at radius 3 is 2.12 bits per heavy atom. The van der Waals surface area contributed by atoms with Crippen molar-refractivity contribution in [1.82, 2.24) is 30.6 Å². The van der Waals surface area contributed by atoms with Gasteiger partial charge in [-0.2, -0.15) is 0 Å². The monoisotopic (exact) mass is 656 g/mol. The van der Waals surface area contributed by atoms with Gasteiger partial charge < -0.3 is 15.1 Å². The third-order valence-corrected chi connectivity index (χ3v) is 11.0. The van der Waals surface area contributed by atoms with E-state index in [0.29, 0.717) is 22.9 Å². The number of aromatic nitrogens is 2. The Bertz CT molecular complexity index is 1640. The van der Waals surface area contributed by atoms with Crippen LogP contribution in [0.4, 0.5) is 11.5 Å². The largest absolute Gasteiger partial charge is 0.371 e. The fraction of sp³-hybridized carbons (Fsp3) is 0.571. The van der Waals surface area contributed by atoms with Gasteiger partial charge in [0.15, 0.2) is 11.5 Å². The maximum Gasteiger partial charge on any atom is 0.272 e. The molecule has 0 spiro atoms. The van der Waals surface area contributed by atoms with Crippen molar-refractivity contribution in [2.75, 3.05) is 49.1 Å². The van der Waals surface area contributed by atoms with Crippen LogP contribution in [0.15, 0.2) is 30.3 Å². The topological polar surface area (TPSA) is 148 Å². The van der Waals surface area contributed by atoms with Crippen LogP contribution < -0.4 is 20.4 Å². The molecule has 3 saturated heterocycles. The van der Waals surface area contributed by atoms with Gasteiger partial charge in [-0.1, -0.05) is 27.7 Å². The zero-order valence-electron chi connectivity index (χ0n) is 28.1. The summed E-state index contributed by atoms with van der Waals surface area (Å²) in [5.41, 5.74) is 1.97. The van der Waals surface area contributed by atoms with E-state index in [-0.39, 0.29) is 41.5 Å². The van der Waals surface area contributed by atoms with Gasteiger partial charge in [-0.15, -0.1) is 10.2 Å². The van der Waals surface area contributed by atoms with Crippen LogP contribution in [0.3, 0.4) is 0 Å². The van der Waals surface area contributed by atoms with E-state index in [1.807, 2.05) is 12.1 Å². The van der Waals surface area contributed by atoms with Crippen molar-refractivity contribution in [2.45, 2.75) is 77.9 Å². The van der Waals surface area contributed by atoms with E-state index in [9.17, 15) is 24.0 Å². The first-order valence-corrected chi connectivity index (χ1v) is 17.1. The minimum absolute atomic E-state index is 0.0654. The van der Waals surface area contributed by atoms with E-state index >= 15 is 0 Å². The Morgan fingerprint density at radius 1 is 0.812 bits per heavy atom. The van der Waals surface area contributed by atoms with Gasteiger partial charge >= 0.3 is 0 Å². The molecule has 1 aromatic carbocycles. The van der Waals surface area contributed by atoms with Crippen LogP contribution in [0.2, 0.25) is 0 Å². The number of carbonyl (C=O) groups excluding carboxylic acids is 5. The van der Waals surface area contributed by atoms with E-state index in [1.165, 1.54) is 0 Å². The molecule has 0 bridgehead atoms. The van der Waals surface area contributed by atoms with Gasteiger partial charge in [0, 0.05) is 63.5 Å². The van der Waals surface area contributed by atoms with Crippen LogP contribution in [0, 0.1) is 10.8 Å². The van der Waals surface area contributed by atoms with Crippen LogP contribution in [-0.4, -0.2) is 107 Å². The van der Waals surface area contributed by atoms with E-state index in [0.717, 1.165) is 74.9 Å². The summed E-state index contributed by atoms with van der Waals surface area (Å²) in [6.07, 6.45) is 3.25. The molecule has 2 aromatic rings. The molecule has 48 heavy (non-hydrogen) atoms. The molecule has 254 valence electrons. The van der Waals surface area contributed by atoms with E-state index in [4.69, 9.17) is 0 Å². The van der Waals surface area contributed by atoms with Gasteiger partial charge in [0.05, 0.1) is 11.1 Å². The number of carbonyl (C=O) groups is 5. The summed E-state index contributed by atoms with van der Waals surface area (Å²) in [6.45, 7) is 13.9. The summed E-state index contributed by atoms with van der Waals surface area (Å²) in [5, 5.41) is 14.1. The molecule has 1 atom stereocenters. The minimum Gasteiger partial charge on any atom is -0.371 e. The van der Waals surface area contributed by atoms with Gasteiger partial charge in [0.1, 0.15) is 6.04 Å². The number of nitrogens with zero attached hydrogens (tertiary/aromatic N) is 6. The van der Waals surface area contributed by atoms with E-state index < -0.39 is 23.8 Å². The van der Waals surface area contributed by atoms with Crippen molar-refractivity contribution in [3.63, 3.8) is 0 Å². The second kappa shape index (κ2) is 11.9. The number of amides is 5. The number of imide groups is 2. The highest BCUT2D eigenvalue weighted by Crippen LogP contribution is 2.53. The first-order chi connectivity index (χ1) is 22.8. The third kappa shape index (κ3) is 5.71. The molecule has 1 aromatic heterocycles. The number of hydrogen-bond acceptors (Lipinski definition) is 10. The molecule has 13 nitrogen and oxygen atoms in total. The number of anilines is 2. The lowest BCUT2D eigenvalue weighted by Gasteiger charge is -2.57. The van der Waals surface area contributed by atoms with Crippen LogP contribution in [0.5, 0.6) is 0 Å². The van der Waals surface area contributed by atoms with E-state index in [1.54, 1.807) is 18.2 Å². The summed E-state index contributed by atoms with van der Waals surface area (Å²) in [4.78, 5) is 71.3. The first-order valence-electron chi connectivity index (χ1n) is 17.1. The first kappa shape index (κ1) is 32.2. The summed E-state index contributed by atoms with van der Waals surface area (Å²) in [7, 11) is 0. The molecule has 0 radical (unpaired) electrons. The van der Waals surface area contributed by atoms with E-state index in [2.05, 4.69) is 63.2 Å². The van der Waals surface area contributed by atoms with Crippen molar-refractivity contribution in [2.24, 2.45) is 10.8 Å². The maximum absolute atomic E-state index is 13.3. The maximum atomic E-state index is 13.3. The number of rotatable bonds is 6. The van der Waals surface area contributed by atoms with Crippen molar-refractivity contribution < 1.29 is 24.0 Å². The van der Waals surface area contributed by atoms with Gasteiger partial charge in [0.2, 0.25) is 11.8 Å². The standard InChI is InChI=1S/C35H44N8O5/c1-34(2)20-35(3,4)33(34)37-29(45)25-7-9-27(39-38-25)42-17-15-41(16-18-42)21-11-13-40(14-12-21)22-5-6-23-24(19-22)32(48)43(31(23)47)26-8-10-28(44)36-30(26)46/h5-7,9,19,21,26,33H,8,10-18,20H2,1-4H3,(H,37,45)(H,36,44,46). The van der Waals surface area contributed by atoms with Gasteiger partial charge in [-0.3, -0.25) is 39.1 Å². The number of fused-ring (bicyclic) bond motifs is 1. The zero-order valence-corrected chi connectivity index (χ0v) is 28.1. The quantitative estimate of drug-likeness (QED) is 0.444. The Hall–Kier alpha value is -4.39. The smallest absolute Gasteiger partial charge is 0.272 e. The molecular formula is C35H44N8O5. The number of benzene rings is 1. The molecule has 13 heteroatoms. The van der Waals surface area contributed by atoms with Crippen LogP contribution in [0.25, 0.3) is 0 Å². The zero-order chi connectivity index (χ0) is 34.0. The molecular weight excluding hydrogens is 612 g/mol. The average molecular weight is 657 g/mol. The predicted molar refractivity (Wildman–Crippen MR) is 178 cm³/mol. The second-order valence-electron chi connectivity index (χ2n) is 15.3. The third-order valence-electron chi connectivity index (χ3n) is 11.0. The van der Waals surface area contributed by atoms with Gasteiger partial charge in [-0.05, 0) is 66.8 Å². The molecule has 1 aliphatic carbocycles. The summed E-state index contributed by atoms with van der Waals surface area (Å²) in [6, 6.07) is 8.57. The average Bonchev–Trinajstić information content (AvgIpc) is 3.31. The summed E-state index contributed by atoms with van der Waals surface area (Å²) < 4.78 is 0. The number of hydrogen-bond donors (Lipinski definition) is 2. The Kier molecular flexibility index (Phi) is 8.00. The molecule has 2 N–H and O–H groups in total. The lowest BCUT2D eigenvalue weighted by Crippen LogP contribution is -2.63. The second-order valence-corrected chi connectivity index (χ2v) is 15.3. The summed E-state index contributed by atoms with van der Waals surface area (Å²) >= 11 is 0. The van der Waals surface area contributed by atoms with Gasteiger partial charge in [0.25, 0.3) is 17.7 Å². The SMILES string of the molecule is CC1(C)CC(C)(C)C1NC(=O)c1ccc(N2CCN(C3CCN(c4ccc5c(c4)C(=O)N(C4CCC(=O)NC4=O)C5=O)CC3)CC2)nn1. The van der Waals surface area contributed by atoms with Crippen molar-refractivity contribution in [3.05, 3.63) is 47.2 Å². The summed E-state index contributed by atoms with van der Waals surface area (Å²) in [5.74, 6) is -1.36. The van der Waals surface area contributed by atoms with Gasteiger partial charge in [-0.25, -0.2) is 0 Å².